The summed E-state index contributed by atoms with van der Waals surface area (Å²) in [5.74, 6) is 1.17. The SMILES string of the molecule is C[C@@H](CC1CCCCC1)NCc1cccnc1NS(=O)(=O)c1ccc(-n2cccc2)cc1. The molecule has 0 bridgehead atoms. The van der Waals surface area contributed by atoms with E-state index < -0.39 is 10.0 Å². The van der Waals surface area contributed by atoms with Crippen molar-refractivity contribution in [1.29, 1.82) is 0 Å². The summed E-state index contributed by atoms with van der Waals surface area (Å²) in [6.45, 7) is 2.78. The van der Waals surface area contributed by atoms with Gasteiger partial charge in [-0.1, -0.05) is 38.2 Å². The van der Waals surface area contributed by atoms with Crippen LogP contribution in [0, 0.1) is 5.92 Å². The fraction of sp³-hybridized carbons (Fsp3) is 0.400. The van der Waals surface area contributed by atoms with Crippen LogP contribution in [0.3, 0.4) is 0 Å². The van der Waals surface area contributed by atoms with Crippen LogP contribution in [0.2, 0.25) is 0 Å². The topological polar surface area (TPSA) is 76.0 Å². The van der Waals surface area contributed by atoms with Crippen molar-refractivity contribution in [3.05, 3.63) is 72.7 Å². The Balaban J connectivity index is 1.40. The Kier molecular flexibility index (Phi) is 7.27. The summed E-state index contributed by atoms with van der Waals surface area (Å²) in [5, 5.41) is 3.56. The van der Waals surface area contributed by atoms with E-state index in [2.05, 4.69) is 21.9 Å². The number of benzene rings is 1. The number of sulfonamides is 1. The maximum atomic E-state index is 13.0. The molecule has 6 nitrogen and oxygen atoms in total. The minimum absolute atomic E-state index is 0.212. The molecular formula is C25H32N4O2S. The van der Waals surface area contributed by atoms with Gasteiger partial charge in [0.1, 0.15) is 5.82 Å². The first-order chi connectivity index (χ1) is 15.5. The molecule has 2 N–H and O–H groups in total. The number of aromatic nitrogens is 2. The molecule has 2 aromatic heterocycles. The van der Waals surface area contributed by atoms with Crippen LogP contribution in [-0.2, 0) is 16.6 Å². The Hall–Kier alpha value is -2.64. The van der Waals surface area contributed by atoms with Gasteiger partial charge in [0.15, 0.2) is 0 Å². The molecule has 0 unspecified atom stereocenters. The van der Waals surface area contributed by atoms with E-state index in [1.807, 2.05) is 41.2 Å². The number of nitrogens with zero attached hydrogens (tertiary/aromatic N) is 2. The zero-order valence-corrected chi connectivity index (χ0v) is 19.4. The fourth-order valence-corrected chi connectivity index (χ4v) is 5.50. The van der Waals surface area contributed by atoms with Crippen molar-refractivity contribution in [3.63, 3.8) is 0 Å². The van der Waals surface area contributed by atoms with Gasteiger partial charge >= 0.3 is 0 Å². The largest absolute Gasteiger partial charge is 0.324 e. The van der Waals surface area contributed by atoms with Gasteiger partial charge in [-0.2, -0.15) is 0 Å². The number of hydrogen-bond donors (Lipinski definition) is 2. The fourth-order valence-electron chi connectivity index (χ4n) is 4.45. The van der Waals surface area contributed by atoms with Crippen LogP contribution in [0.4, 0.5) is 5.82 Å². The smallest absolute Gasteiger partial charge is 0.263 e. The summed E-state index contributed by atoms with van der Waals surface area (Å²) in [5.41, 5.74) is 1.75. The summed E-state index contributed by atoms with van der Waals surface area (Å²) in [4.78, 5) is 4.52. The first kappa shape index (κ1) is 22.6. The molecule has 0 radical (unpaired) electrons. The molecule has 0 aliphatic heterocycles. The van der Waals surface area contributed by atoms with Gasteiger partial charge in [0.05, 0.1) is 4.90 Å². The minimum Gasteiger partial charge on any atom is -0.324 e. The second kappa shape index (κ2) is 10.3. The third-order valence-electron chi connectivity index (χ3n) is 6.22. The second-order valence-electron chi connectivity index (χ2n) is 8.72. The van der Waals surface area contributed by atoms with E-state index in [4.69, 9.17) is 0 Å². The van der Waals surface area contributed by atoms with E-state index in [-0.39, 0.29) is 4.90 Å². The van der Waals surface area contributed by atoms with E-state index in [1.165, 1.54) is 32.1 Å². The zero-order valence-electron chi connectivity index (χ0n) is 18.6. The third kappa shape index (κ3) is 5.78. The van der Waals surface area contributed by atoms with Crippen molar-refractivity contribution >= 4 is 15.8 Å². The number of pyridine rings is 1. The molecule has 4 rings (SSSR count). The van der Waals surface area contributed by atoms with Gasteiger partial charge < -0.3 is 9.88 Å². The minimum atomic E-state index is -3.73. The van der Waals surface area contributed by atoms with Gasteiger partial charge in [-0.25, -0.2) is 13.4 Å². The molecule has 1 aliphatic rings. The third-order valence-corrected chi connectivity index (χ3v) is 7.58. The average Bonchev–Trinajstić information content (AvgIpc) is 3.34. The number of anilines is 1. The molecule has 1 fully saturated rings. The van der Waals surface area contributed by atoms with E-state index in [1.54, 1.807) is 30.5 Å². The lowest BCUT2D eigenvalue weighted by Gasteiger charge is -2.25. The van der Waals surface area contributed by atoms with Crippen molar-refractivity contribution in [2.24, 2.45) is 5.92 Å². The molecule has 7 heteroatoms. The summed E-state index contributed by atoms with van der Waals surface area (Å²) in [6, 6.07) is 14.8. The average molecular weight is 453 g/mol. The van der Waals surface area contributed by atoms with E-state index in [0.717, 1.165) is 23.6 Å². The summed E-state index contributed by atoms with van der Waals surface area (Å²) in [6.07, 6.45) is 13.3. The van der Waals surface area contributed by atoms with Crippen LogP contribution in [-0.4, -0.2) is 24.0 Å². The molecule has 32 heavy (non-hydrogen) atoms. The van der Waals surface area contributed by atoms with Gasteiger partial charge in [0.25, 0.3) is 10.0 Å². The Bertz CT molecular complexity index is 1090. The van der Waals surface area contributed by atoms with E-state index >= 15 is 0 Å². The molecule has 2 heterocycles. The van der Waals surface area contributed by atoms with Crippen molar-refractivity contribution < 1.29 is 8.42 Å². The lowest BCUT2D eigenvalue weighted by atomic mass is 9.85. The van der Waals surface area contributed by atoms with E-state index in [9.17, 15) is 8.42 Å². The molecular weight excluding hydrogens is 420 g/mol. The van der Waals surface area contributed by atoms with Gasteiger partial charge in [0.2, 0.25) is 0 Å². The summed E-state index contributed by atoms with van der Waals surface area (Å²) < 4.78 is 30.6. The van der Waals surface area contributed by atoms with Crippen LogP contribution in [0.25, 0.3) is 5.69 Å². The molecule has 1 aromatic carbocycles. The van der Waals surface area contributed by atoms with Crippen LogP contribution in [0.1, 0.15) is 51.0 Å². The predicted molar refractivity (Wildman–Crippen MR) is 128 cm³/mol. The summed E-state index contributed by atoms with van der Waals surface area (Å²) >= 11 is 0. The molecule has 0 spiro atoms. The summed E-state index contributed by atoms with van der Waals surface area (Å²) in [7, 11) is -3.73. The molecule has 1 aliphatic carbocycles. The Morgan fingerprint density at radius 2 is 1.75 bits per heavy atom. The molecule has 1 saturated carbocycles. The molecule has 0 amide bonds. The predicted octanol–water partition coefficient (Wildman–Crippen LogP) is 5.12. The highest BCUT2D eigenvalue weighted by Crippen LogP contribution is 2.27. The second-order valence-corrected chi connectivity index (χ2v) is 10.4. The van der Waals surface area contributed by atoms with Gasteiger partial charge in [-0.3, -0.25) is 4.72 Å². The normalized spacial score (nSPS) is 16.0. The van der Waals surface area contributed by atoms with Crippen LogP contribution in [0.15, 0.2) is 72.0 Å². The van der Waals surface area contributed by atoms with E-state index in [0.29, 0.717) is 18.4 Å². The first-order valence-electron chi connectivity index (χ1n) is 11.4. The molecule has 3 aromatic rings. The molecule has 0 saturated heterocycles. The quantitative estimate of drug-likeness (QED) is 0.472. The monoisotopic (exact) mass is 452 g/mol. The van der Waals surface area contributed by atoms with Crippen LogP contribution >= 0.6 is 0 Å². The maximum absolute atomic E-state index is 13.0. The van der Waals surface area contributed by atoms with Crippen molar-refractivity contribution in [3.8, 4) is 5.69 Å². The Labute approximate surface area is 191 Å². The number of hydrogen-bond acceptors (Lipinski definition) is 4. The Morgan fingerprint density at radius 3 is 2.47 bits per heavy atom. The van der Waals surface area contributed by atoms with Crippen molar-refractivity contribution in [2.75, 3.05) is 4.72 Å². The highest BCUT2D eigenvalue weighted by Gasteiger charge is 2.19. The van der Waals surface area contributed by atoms with Gasteiger partial charge in [-0.15, -0.1) is 0 Å². The maximum Gasteiger partial charge on any atom is 0.263 e. The lowest BCUT2D eigenvalue weighted by Crippen LogP contribution is -2.29. The molecule has 1 atom stereocenters. The van der Waals surface area contributed by atoms with Crippen LogP contribution < -0.4 is 10.0 Å². The van der Waals surface area contributed by atoms with Crippen LogP contribution in [0.5, 0.6) is 0 Å². The van der Waals surface area contributed by atoms with Crippen molar-refractivity contribution in [2.45, 2.75) is 62.9 Å². The standard InChI is InChI=1S/C25H32N4O2S/c1-20(18-21-8-3-2-4-9-21)27-19-22-10-7-15-26-25(22)28-32(30,31)24-13-11-23(12-14-24)29-16-5-6-17-29/h5-7,10-17,20-21,27H,2-4,8-9,18-19H2,1H3,(H,26,28)/t20-/m0/s1. The Morgan fingerprint density at radius 1 is 1.03 bits per heavy atom. The number of nitrogens with one attached hydrogen (secondary N) is 2. The highest BCUT2D eigenvalue weighted by atomic mass is 32.2. The first-order valence-corrected chi connectivity index (χ1v) is 12.9. The van der Waals surface area contributed by atoms with Crippen molar-refractivity contribution in [1.82, 2.24) is 14.9 Å². The zero-order chi connectivity index (χ0) is 22.4. The highest BCUT2D eigenvalue weighted by molar-refractivity contribution is 7.92. The lowest BCUT2D eigenvalue weighted by molar-refractivity contribution is 0.304. The number of rotatable bonds is 9. The molecule has 170 valence electrons. The van der Waals surface area contributed by atoms with Gasteiger partial charge in [0, 0.05) is 42.4 Å². The van der Waals surface area contributed by atoms with Gasteiger partial charge in [-0.05, 0) is 61.7 Å².